The largest absolute Gasteiger partial charge is 0.496 e. The Morgan fingerprint density at radius 1 is 1.00 bits per heavy atom. The van der Waals surface area contributed by atoms with Gasteiger partial charge in [0.15, 0.2) is 0 Å². The number of aromatic nitrogens is 2. The molecule has 2 aromatic carbocycles. The van der Waals surface area contributed by atoms with E-state index in [0.717, 1.165) is 41.0 Å². The highest BCUT2D eigenvalue weighted by molar-refractivity contribution is 5.89. The van der Waals surface area contributed by atoms with Gasteiger partial charge >= 0.3 is 0 Å². The Kier molecular flexibility index (Phi) is 4.79. The first-order valence-corrected chi connectivity index (χ1v) is 7.98. The number of halogens is 2. The fourth-order valence-electron chi connectivity index (χ4n) is 2.89. The molecule has 4 nitrogen and oxygen atoms in total. The summed E-state index contributed by atoms with van der Waals surface area (Å²) < 4.78 is 33.2. The quantitative estimate of drug-likeness (QED) is 0.755. The summed E-state index contributed by atoms with van der Waals surface area (Å²) >= 11 is 0. The van der Waals surface area contributed by atoms with Crippen LogP contribution in [0.25, 0.3) is 10.9 Å². The van der Waals surface area contributed by atoms with E-state index in [9.17, 15) is 8.78 Å². The van der Waals surface area contributed by atoms with Crippen molar-refractivity contribution in [3.05, 3.63) is 58.9 Å². The highest BCUT2D eigenvalue weighted by Gasteiger charge is 2.13. The van der Waals surface area contributed by atoms with Gasteiger partial charge in [-0.1, -0.05) is 6.07 Å². The summed E-state index contributed by atoms with van der Waals surface area (Å²) in [5, 5.41) is 3.16. The van der Waals surface area contributed by atoms with E-state index in [2.05, 4.69) is 15.3 Å². The van der Waals surface area contributed by atoms with E-state index in [1.807, 2.05) is 26.0 Å². The fourth-order valence-corrected chi connectivity index (χ4v) is 2.89. The molecular formula is C19H19F2N3O. The van der Waals surface area contributed by atoms with Gasteiger partial charge < -0.3 is 10.1 Å². The van der Waals surface area contributed by atoms with Crippen LogP contribution in [0.3, 0.4) is 0 Å². The van der Waals surface area contributed by atoms with E-state index >= 15 is 0 Å². The lowest BCUT2D eigenvalue weighted by Gasteiger charge is -2.14. The smallest absolute Gasteiger partial charge is 0.149 e. The number of methoxy groups -OCH3 is 1. The second-order valence-corrected chi connectivity index (χ2v) is 5.83. The lowest BCUT2D eigenvalue weighted by Crippen LogP contribution is -2.09. The van der Waals surface area contributed by atoms with Crippen LogP contribution in [0, 0.1) is 25.5 Å². The van der Waals surface area contributed by atoms with Crippen molar-refractivity contribution in [3.63, 3.8) is 0 Å². The number of benzene rings is 2. The van der Waals surface area contributed by atoms with E-state index in [-0.39, 0.29) is 10.9 Å². The van der Waals surface area contributed by atoms with Crippen LogP contribution < -0.4 is 10.1 Å². The molecule has 0 bridgehead atoms. The van der Waals surface area contributed by atoms with Gasteiger partial charge in [-0.3, -0.25) is 0 Å². The third kappa shape index (κ3) is 3.24. The molecule has 25 heavy (non-hydrogen) atoms. The number of hydrogen-bond donors (Lipinski definition) is 1. The Hall–Kier alpha value is -2.76. The van der Waals surface area contributed by atoms with Crippen LogP contribution in [-0.2, 0) is 6.42 Å². The molecule has 0 aliphatic heterocycles. The number of rotatable bonds is 5. The number of fused-ring (bicyclic) bond motifs is 1. The average Bonchev–Trinajstić information content (AvgIpc) is 2.62. The number of hydrogen-bond acceptors (Lipinski definition) is 4. The van der Waals surface area contributed by atoms with Gasteiger partial charge in [0.2, 0.25) is 0 Å². The first kappa shape index (κ1) is 17.1. The molecular weight excluding hydrogens is 324 g/mol. The number of anilines is 1. The van der Waals surface area contributed by atoms with Crippen LogP contribution >= 0.6 is 0 Å². The lowest BCUT2D eigenvalue weighted by molar-refractivity contribution is 0.411. The maximum absolute atomic E-state index is 14.1. The van der Waals surface area contributed by atoms with Crippen molar-refractivity contribution in [1.82, 2.24) is 9.97 Å². The normalized spacial score (nSPS) is 10.9. The van der Waals surface area contributed by atoms with Gasteiger partial charge in [0.25, 0.3) is 0 Å². The lowest BCUT2D eigenvalue weighted by atomic mass is 10.00. The van der Waals surface area contributed by atoms with Gasteiger partial charge in [-0.05, 0) is 55.2 Å². The molecule has 0 fully saturated rings. The van der Waals surface area contributed by atoms with E-state index in [1.165, 1.54) is 6.33 Å². The number of ether oxygens (including phenoxy) is 1. The van der Waals surface area contributed by atoms with Gasteiger partial charge in [0.1, 0.15) is 35.0 Å². The summed E-state index contributed by atoms with van der Waals surface area (Å²) in [5.41, 5.74) is 3.40. The third-order valence-corrected chi connectivity index (χ3v) is 4.44. The molecule has 6 heteroatoms. The molecule has 1 aromatic heterocycles. The van der Waals surface area contributed by atoms with Crippen molar-refractivity contribution in [2.45, 2.75) is 20.3 Å². The van der Waals surface area contributed by atoms with E-state index in [4.69, 9.17) is 4.74 Å². The zero-order valence-electron chi connectivity index (χ0n) is 14.4. The summed E-state index contributed by atoms with van der Waals surface area (Å²) in [6.07, 6.45) is 1.95. The molecule has 3 rings (SSSR count). The van der Waals surface area contributed by atoms with Gasteiger partial charge in [0, 0.05) is 6.54 Å². The van der Waals surface area contributed by atoms with E-state index in [0.29, 0.717) is 12.4 Å². The van der Waals surface area contributed by atoms with E-state index in [1.54, 1.807) is 7.11 Å². The summed E-state index contributed by atoms with van der Waals surface area (Å²) in [6.45, 7) is 4.60. The third-order valence-electron chi connectivity index (χ3n) is 4.44. The second kappa shape index (κ2) is 7.01. The number of nitrogens with one attached hydrogen (secondary N) is 1. The number of nitrogens with zero attached hydrogens (tertiary/aromatic N) is 2. The zero-order valence-corrected chi connectivity index (χ0v) is 14.4. The van der Waals surface area contributed by atoms with Crippen LogP contribution in [0.2, 0.25) is 0 Å². The maximum Gasteiger partial charge on any atom is 0.149 e. The molecule has 0 amide bonds. The maximum atomic E-state index is 14.1. The molecule has 0 atom stereocenters. The Morgan fingerprint density at radius 3 is 2.52 bits per heavy atom. The van der Waals surface area contributed by atoms with Gasteiger partial charge in [0.05, 0.1) is 12.5 Å². The van der Waals surface area contributed by atoms with Gasteiger partial charge in [-0.15, -0.1) is 0 Å². The molecule has 0 aliphatic rings. The Bertz CT molecular complexity index is 928. The van der Waals surface area contributed by atoms with Crippen molar-refractivity contribution in [2.24, 2.45) is 0 Å². The van der Waals surface area contributed by atoms with Crippen LogP contribution in [0.4, 0.5) is 14.6 Å². The van der Waals surface area contributed by atoms with Crippen molar-refractivity contribution in [1.29, 1.82) is 0 Å². The average molecular weight is 343 g/mol. The predicted molar refractivity (Wildman–Crippen MR) is 94.1 cm³/mol. The molecule has 1 N–H and O–H groups in total. The van der Waals surface area contributed by atoms with E-state index < -0.39 is 11.6 Å². The van der Waals surface area contributed by atoms with Gasteiger partial charge in [-0.2, -0.15) is 0 Å². The summed E-state index contributed by atoms with van der Waals surface area (Å²) in [4.78, 5) is 7.89. The predicted octanol–water partition coefficient (Wildman–Crippen LogP) is 4.19. The zero-order chi connectivity index (χ0) is 18.0. The molecule has 0 radical (unpaired) electrons. The first-order chi connectivity index (χ1) is 12.0. The minimum Gasteiger partial charge on any atom is -0.496 e. The Labute approximate surface area is 144 Å². The highest BCUT2D eigenvalue weighted by Crippen LogP contribution is 2.26. The highest BCUT2D eigenvalue weighted by atomic mass is 19.1. The Morgan fingerprint density at radius 2 is 1.76 bits per heavy atom. The second-order valence-electron chi connectivity index (χ2n) is 5.83. The van der Waals surface area contributed by atoms with Crippen LogP contribution in [0.15, 0.2) is 30.6 Å². The van der Waals surface area contributed by atoms with Crippen molar-refractivity contribution < 1.29 is 13.5 Å². The summed E-state index contributed by atoms with van der Waals surface area (Å²) in [5.74, 6) is 0.0397. The molecule has 0 spiro atoms. The molecule has 0 aliphatic carbocycles. The van der Waals surface area contributed by atoms with Crippen molar-refractivity contribution >= 4 is 16.7 Å². The topological polar surface area (TPSA) is 47.0 Å². The Balaban J connectivity index is 1.81. The van der Waals surface area contributed by atoms with Gasteiger partial charge in [-0.25, -0.2) is 18.7 Å². The van der Waals surface area contributed by atoms with Crippen molar-refractivity contribution in [2.75, 3.05) is 19.0 Å². The summed E-state index contributed by atoms with van der Waals surface area (Å²) in [7, 11) is 1.65. The van der Waals surface area contributed by atoms with Crippen molar-refractivity contribution in [3.8, 4) is 5.75 Å². The van der Waals surface area contributed by atoms with Crippen LogP contribution in [-0.4, -0.2) is 23.6 Å². The first-order valence-electron chi connectivity index (χ1n) is 7.98. The SMILES string of the molecule is COc1ccc(CCNc2ncnc3c(F)ccc(F)c23)c(C)c1C. The molecule has 3 aromatic rings. The molecule has 0 unspecified atom stereocenters. The standard InChI is InChI=1S/C19H19F2N3O/c1-11-12(2)16(25-3)7-4-13(11)8-9-22-19-17-14(20)5-6-15(21)18(17)23-10-24-19/h4-7,10H,8-9H2,1-3H3,(H,22,23,24). The summed E-state index contributed by atoms with van der Waals surface area (Å²) in [6, 6.07) is 6.11. The monoisotopic (exact) mass is 343 g/mol. The molecule has 0 saturated carbocycles. The molecule has 1 heterocycles. The van der Waals surface area contributed by atoms with Crippen LogP contribution in [0.1, 0.15) is 16.7 Å². The fraction of sp³-hybridized carbons (Fsp3) is 0.263. The minimum absolute atomic E-state index is 0.0195. The molecule has 0 saturated heterocycles. The molecule has 130 valence electrons. The minimum atomic E-state index is -0.566. The van der Waals surface area contributed by atoms with Crippen LogP contribution in [0.5, 0.6) is 5.75 Å².